The van der Waals surface area contributed by atoms with Crippen molar-refractivity contribution in [1.82, 2.24) is 15.3 Å². The third kappa shape index (κ3) is 3.88. The van der Waals surface area contributed by atoms with E-state index in [1.807, 2.05) is 25.1 Å². The molecule has 0 spiro atoms. The summed E-state index contributed by atoms with van der Waals surface area (Å²) in [6, 6.07) is 5.65. The lowest BCUT2D eigenvalue weighted by Crippen LogP contribution is -2.24. The Balaban J connectivity index is 1.87. The van der Waals surface area contributed by atoms with Gasteiger partial charge in [-0.15, -0.1) is 0 Å². The maximum Gasteiger partial charge on any atom is 0.323 e. The minimum Gasteiger partial charge on any atom is -0.374 e. The van der Waals surface area contributed by atoms with Crippen LogP contribution >= 0.6 is 0 Å². The fourth-order valence-corrected chi connectivity index (χ4v) is 1.96. The van der Waals surface area contributed by atoms with Gasteiger partial charge in [0.05, 0.1) is 17.6 Å². The summed E-state index contributed by atoms with van der Waals surface area (Å²) < 4.78 is 28.5. The lowest BCUT2D eigenvalue weighted by Gasteiger charge is -2.14. The first-order valence-corrected chi connectivity index (χ1v) is 6.37. The van der Waals surface area contributed by atoms with Crippen molar-refractivity contribution in [2.24, 2.45) is 0 Å². The van der Waals surface area contributed by atoms with Crippen molar-refractivity contribution in [2.75, 3.05) is 19.8 Å². The molecule has 110 valence electrons. The molecule has 0 radical (unpaired) electrons. The van der Waals surface area contributed by atoms with E-state index < -0.39 is 13.0 Å². The Morgan fingerprint density at radius 2 is 2.05 bits per heavy atom. The van der Waals surface area contributed by atoms with Crippen LogP contribution in [0.4, 0.5) is 8.78 Å². The van der Waals surface area contributed by atoms with E-state index in [4.69, 9.17) is 4.74 Å². The second kappa shape index (κ2) is 6.62. The number of aromatic amines is 2. The maximum atomic E-state index is 11.9. The fourth-order valence-electron chi connectivity index (χ4n) is 1.96. The predicted octanol–water partition coefficient (Wildman–Crippen LogP) is 1.79. The van der Waals surface area contributed by atoms with E-state index in [2.05, 4.69) is 15.3 Å². The first kappa shape index (κ1) is 14.7. The van der Waals surface area contributed by atoms with Gasteiger partial charge in [-0.2, -0.15) is 0 Å². The molecular weight excluding hydrogens is 268 g/mol. The first-order valence-electron chi connectivity index (χ1n) is 6.37. The van der Waals surface area contributed by atoms with Gasteiger partial charge in [0.1, 0.15) is 6.61 Å². The van der Waals surface area contributed by atoms with E-state index in [0.29, 0.717) is 6.54 Å². The van der Waals surface area contributed by atoms with Crippen LogP contribution < -0.4 is 11.0 Å². The SMILES string of the molecule is CC(NCCOCC(F)F)c1ccc2[nH]c(=O)[nH]c2c1. The van der Waals surface area contributed by atoms with Crippen LogP contribution in [0.25, 0.3) is 11.0 Å². The van der Waals surface area contributed by atoms with Gasteiger partial charge in [0, 0.05) is 12.6 Å². The highest BCUT2D eigenvalue weighted by Gasteiger charge is 2.07. The maximum absolute atomic E-state index is 11.9. The average molecular weight is 285 g/mol. The zero-order valence-electron chi connectivity index (χ0n) is 11.1. The summed E-state index contributed by atoms with van der Waals surface area (Å²) in [7, 11) is 0. The number of hydrogen-bond acceptors (Lipinski definition) is 3. The second-order valence-electron chi connectivity index (χ2n) is 4.53. The van der Waals surface area contributed by atoms with E-state index >= 15 is 0 Å². The summed E-state index contributed by atoms with van der Waals surface area (Å²) in [5.74, 6) is 0. The highest BCUT2D eigenvalue weighted by Crippen LogP contribution is 2.16. The number of fused-ring (bicyclic) bond motifs is 1. The zero-order chi connectivity index (χ0) is 14.5. The normalized spacial score (nSPS) is 13.2. The van der Waals surface area contributed by atoms with Gasteiger partial charge in [0.25, 0.3) is 6.43 Å². The lowest BCUT2D eigenvalue weighted by atomic mass is 10.1. The van der Waals surface area contributed by atoms with Crippen LogP contribution in [0.2, 0.25) is 0 Å². The molecule has 20 heavy (non-hydrogen) atoms. The minimum atomic E-state index is -2.43. The van der Waals surface area contributed by atoms with Crippen molar-refractivity contribution in [3.63, 3.8) is 0 Å². The molecule has 0 aliphatic carbocycles. The molecule has 0 bridgehead atoms. The predicted molar refractivity (Wildman–Crippen MR) is 72.2 cm³/mol. The standard InChI is InChI=1S/C13H17F2N3O2/c1-8(16-4-5-20-7-12(14)15)9-2-3-10-11(6-9)18-13(19)17-10/h2-3,6,8,12,16H,4-5,7H2,1H3,(H2,17,18,19). The van der Waals surface area contributed by atoms with Crippen LogP contribution in [0.5, 0.6) is 0 Å². The van der Waals surface area contributed by atoms with Gasteiger partial charge in [-0.25, -0.2) is 13.6 Å². The quantitative estimate of drug-likeness (QED) is 0.679. The summed E-state index contributed by atoms with van der Waals surface area (Å²) in [6.45, 7) is 2.14. The summed E-state index contributed by atoms with van der Waals surface area (Å²) in [5, 5.41) is 3.17. The number of benzene rings is 1. The number of hydrogen-bond donors (Lipinski definition) is 3. The molecule has 0 aliphatic heterocycles. The van der Waals surface area contributed by atoms with E-state index in [9.17, 15) is 13.6 Å². The number of ether oxygens (including phenoxy) is 1. The van der Waals surface area contributed by atoms with E-state index in [1.54, 1.807) is 0 Å². The molecule has 5 nitrogen and oxygen atoms in total. The molecule has 2 rings (SSSR count). The lowest BCUT2D eigenvalue weighted by molar-refractivity contribution is 0.0183. The summed E-state index contributed by atoms with van der Waals surface area (Å²) >= 11 is 0. The first-order chi connectivity index (χ1) is 9.56. The summed E-state index contributed by atoms with van der Waals surface area (Å²) in [6.07, 6.45) is -2.43. The van der Waals surface area contributed by atoms with Gasteiger partial charge in [-0.3, -0.25) is 0 Å². The molecule has 1 unspecified atom stereocenters. The molecule has 1 atom stereocenters. The number of halogens is 2. The van der Waals surface area contributed by atoms with E-state index in [0.717, 1.165) is 16.6 Å². The zero-order valence-corrected chi connectivity index (χ0v) is 11.1. The number of alkyl halides is 2. The molecule has 1 aromatic heterocycles. The fraction of sp³-hybridized carbons (Fsp3) is 0.462. The second-order valence-corrected chi connectivity index (χ2v) is 4.53. The molecule has 1 heterocycles. The van der Waals surface area contributed by atoms with Crippen molar-refractivity contribution in [3.05, 3.63) is 34.2 Å². The Hall–Kier alpha value is -1.73. The third-order valence-electron chi connectivity index (χ3n) is 2.98. The van der Waals surface area contributed by atoms with Crippen molar-refractivity contribution in [3.8, 4) is 0 Å². The highest BCUT2D eigenvalue weighted by atomic mass is 19.3. The van der Waals surface area contributed by atoms with E-state index in [-0.39, 0.29) is 18.3 Å². The molecule has 3 N–H and O–H groups in total. The molecule has 0 fully saturated rings. The van der Waals surface area contributed by atoms with Crippen LogP contribution in [-0.4, -0.2) is 36.2 Å². The summed E-state index contributed by atoms with van der Waals surface area (Å²) in [5.41, 5.74) is 2.26. The molecule has 1 aromatic carbocycles. The van der Waals surface area contributed by atoms with Gasteiger partial charge in [-0.05, 0) is 24.6 Å². The van der Waals surface area contributed by atoms with Crippen molar-refractivity contribution >= 4 is 11.0 Å². The van der Waals surface area contributed by atoms with Crippen molar-refractivity contribution in [2.45, 2.75) is 19.4 Å². The number of imidazole rings is 1. The highest BCUT2D eigenvalue weighted by molar-refractivity contribution is 5.75. The molecule has 0 aliphatic rings. The van der Waals surface area contributed by atoms with Gasteiger partial charge >= 0.3 is 5.69 Å². The van der Waals surface area contributed by atoms with Crippen molar-refractivity contribution < 1.29 is 13.5 Å². The minimum absolute atomic E-state index is 0.0351. The van der Waals surface area contributed by atoms with E-state index in [1.165, 1.54) is 0 Å². The average Bonchev–Trinajstić information content (AvgIpc) is 2.76. The third-order valence-corrected chi connectivity index (χ3v) is 2.98. The number of H-pyrrole nitrogens is 2. The molecule has 2 aromatic rings. The Kier molecular flexibility index (Phi) is 4.86. The van der Waals surface area contributed by atoms with Crippen LogP contribution in [0.15, 0.2) is 23.0 Å². The topological polar surface area (TPSA) is 69.9 Å². The van der Waals surface area contributed by atoms with Crippen LogP contribution in [0.3, 0.4) is 0 Å². The number of aromatic nitrogens is 2. The molecule has 7 heteroatoms. The van der Waals surface area contributed by atoms with Gasteiger partial charge in [-0.1, -0.05) is 6.07 Å². The number of rotatable bonds is 7. The van der Waals surface area contributed by atoms with Gasteiger partial charge in [0.2, 0.25) is 0 Å². The Bertz CT molecular complexity index is 609. The monoisotopic (exact) mass is 285 g/mol. The number of nitrogens with one attached hydrogen (secondary N) is 3. The molecular formula is C13H17F2N3O2. The van der Waals surface area contributed by atoms with Crippen LogP contribution in [-0.2, 0) is 4.74 Å². The van der Waals surface area contributed by atoms with Crippen LogP contribution in [0, 0.1) is 0 Å². The Morgan fingerprint density at radius 3 is 2.80 bits per heavy atom. The molecule has 0 saturated heterocycles. The van der Waals surface area contributed by atoms with Gasteiger partial charge in [0.15, 0.2) is 0 Å². The largest absolute Gasteiger partial charge is 0.374 e. The Morgan fingerprint density at radius 1 is 1.30 bits per heavy atom. The summed E-state index contributed by atoms with van der Waals surface area (Å²) in [4.78, 5) is 16.5. The Labute approximate surface area is 114 Å². The molecule has 0 saturated carbocycles. The smallest absolute Gasteiger partial charge is 0.323 e. The molecule has 0 amide bonds. The van der Waals surface area contributed by atoms with Crippen LogP contribution in [0.1, 0.15) is 18.5 Å². The van der Waals surface area contributed by atoms with Crippen molar-refractivity contribution in [1.29, 1.82) is 0 Å². The van der Waals surface area contributed by atoms with Gasteiger partial charge < -0.3 is 20.0 Å².